The van der Waals surface area contributed by atoms with Crippen molar-refractivity contribution in [1.82, 2.24) is 4.90 Å². The fourth-order valence-electron chi connectivity index (χ4n) is 7.18. The van der Waals surface area contributed by atoms with Gasteiger partial charge in [0.15, 0.2) is 0 Å². The smallest absolute Gasteiger partial charge is 0.377 e. The van der Waals surface area contributed by atoms with Crippen molar-refractivity contribution >= 4 is 41.1 Å². The molecule has 0 spiro atoms. The minimum Gasteiger partial charge on any atom is -0.377 e. The lowest BCUT2D eigenvalue weighted by molar-refractivity contribution is -0.137. The van der Waals surface area contributed by atoms with Gasteiger partial charge in [0.2, 0.25) is 5.91 Å². The summed E-state index contributed by atoms with van der Waals surface area (Å²) in [7, 11) is 10.4. The molecule has 18 heteroatoms. The van der Waals surface area contributed by atoms with E-state index >= 15 is 0 Å². The van der Waals surface area contributed by atoms with Gasteiger partial charge in [0.05, 0.1) is 0 Å². The van der Waals surface area contributed by atoms with Crippen LogP contribution in [0.5, 0.6) is 0 Å². The van der Waals surface area contributed by atoms with Crippen LogP contribution in [0.15, 0.2) is 0 Å². The molecule has 1 amide bonds. The van der Waals surface area contributed by atoms with Crippen LogP contribution in [0.2, 0.25) is 24.2 Å². The van der Waals surface area contributed by atoms with Gasteiger partial charge in [-0.2, -0.15) is 0 Å². The summed E-state index contributed by atoms with van der Waals surface area (Å²) in [6.07, 6.45) is 6.35. The zero-order valence-corrected chi connectivity index (χ0v) is 36.0. The Kier molecular flexibility index (Phi) is 21.7. The average Bonchev–Trinajstić information content (AvgIpc) is 3.55. The highest BCUT2D eigenvalue weighted by Crippen LogP contribution is 2.42. The minimum absolute atomic E-state index is 0.0433. The summed E-state index contributed by atoms with van der Waals surface area (Å²) < 4.78 is 68.4. The van der Waals surface area contributed by atoms with E-state index in [9.17, 15) is 4.79 Å². The van der Waals surface area contributed by atoms with Gasteiger partial charge >= 0.3 is 35.2 Å². The molecule has 0 radical (unpaired) electrons. The third-order valence-corrected chi connectivity index (χ3v) is 21.6. The van der Waals surface area contributed by atoms with Crippen LogP contribution in [-0.4, -0.2) is 144 Å². The van der Waals surface area contributed by atoms with Gasteiger partial charge in [0, 0.05) is 129 Å². The SMILES string of the molecule is CO[Si](CCCC(CCC[Si](OC)(OC)OC)C(=O)N(C)C1CC(CC[Si](OC)(OC)OC)CC1CC[Si](OC)(OC)OC)(OC)OC. The standard InChI is InChI=1S/C30H67NO13Si4/c1-31(30(32)27(16-14-20-45(33-2,34-3)35-4)17-15-21-46(36-5,37-6)38-7)29-25-26(18-22-47(39-8,40-9)41-10)24-28(29)19-23-48(42-11,43-12)44-13/h26-29H,14-25H2,1-13H3. The Morgan fingerprint density at radius 2 is 0.875 bits per heavy atom. The van der Waals surface area contributed by atoms with E-state index in [0.29, 0.717) is 42.9 Å². The van der Waals surface area contributed by atoms with E-state index < -0.39 is 35.2 Å². The van der Waals surface area contributed by atoms with Gasteiger partial charge < -0.3 is 58.0 Å². The Labute approximate surface area is 295 Å². The first-order valence-corrected chi connectivity index (χ1v) is 24.5. The fraction of sp³-hybridized carbons (Fsp3) is 0.967. The maximum absolute atomic E-state index is 14.5. The van der Waals surface area contributed by atoms with Crippen LogP contribution >= 0.6 is 0 Å². The Morgan fingerprint density at radius 1 is 0.542 bits per heavy atom. The van der Waals surface area contributed by atoms with Gasteiger partial charge in [-0.25, -0.2) is 0 Å². The molecule has 3 atom stereocenters. The third-order valence-electron chi connectivity index (χ3n) is 10.4. The van der Waals surface area contributed by atoms with Crippen LogP contribution in [0.25, 0.3) is 0 Å². The molecule has 286 valence electrons. The molecule has 0 aromatic heterocycles. The quantitative estimate of drug-likeness (QED) is 0.105. The summed E-state index contributed by atoms with van der Waals surface area (Å²) >= 11 is 0. The molecule has 0 saturated heterocycles. The molecule has 1 rings (SSSR count). The molecule has 14 nitrogen and oxygen atoms in total. The number of carbonyl (C=O) groups excluding carboxylic acids is 1. The molecule has 0 bridgehead atoms. The zero-order chi connectivity index (χ0) is 36.4. The van der Waals surface area contributed by atoms with Crippen molar-refractivity contribution in [2.24, 2.45) is 17.8 Å². The second-order valence-corrected chi connectivity index (χ2v) is 24.7. The lowest BCUT2D eigenvalue weighted by Gasteiger charge is -2.34. The van der Waals surface area contributed by atoms with E-state index in [1.54, 1.807) is 85.3 Å². The Balaban J connectivity index is 3.29. The molecule has 1 aliphatic rings. The lowest BCUT2D eigenvalue weighted by Crippen LogP contribution is -2.46. The molecule has 0 heterocycles. The van der Waals surface area contributed by atoms with E-state index in [4.69, 9.17) is 53.1 Å². The van der Waals surface area contributed by atoms with Crippen molar-refractivity contribution in [2.75, 3.05) is 92.4 Å². The second kappa shape index (κ2) is 22.7. The second-order valence-electron chi connectivity index (χ2n) is 12.4. The van der Waals surface area contributed by atoms with Gasteiger partial charge in [0.25, 0.3) is 0 Å². The van der Waals surface area contributed by atoms with Crippen molar-refractivity contribution in [3.05, 3.63) is 0 Å². The van der Waals surface area contributed by atoms with Crippen LogP contribution in [0.4, 0.5) is 0 Å². The molecule has 0 N–H and O–H groups in total. The fourth-order valence-corrected chi connectivity index (χ4v) is 14.4. The summed E-state index contributed by atoms with van der Waals surface area (Å²) in [6.45, 7) is 0. The first kappa shape index (κ1) is 45.9. The van der Waals surface area contributed by atoms with Gasteiger partial charge in [-0.1, -0.05) is 0 Å². The Bertz CT molecular complexity index is 821. The predicted octanol–water partition coefficient (Wildman–Crippen LogP) is 4.31. The number of carbonyl (C=O) groups is 1. The summed E-state index contributed by atoms with van der Waals surface area (Å²) in [5.41, 5.74) is 0. The number of amides is 1. The highest BCUT2D eigenvalue weighted by Gasteiger charge is 2.46. The first-order valence-electron chi connectivity index (χ1n) is 16.8. The number of hydrogen-bond acceptors (Lipinski definition) is 13. The van der Waals surface area contributed by atoms with E-state index in [1.807, 2.05) is 11.9 Å². The van der Waals surface area contributed by atoms with Crippen molar-refractivity contribution in [2.45, 2.75) is 81.6 Å². The van der Waals surface area contributed by atoms with Crippen LogP contribution in [-0.2, 0) is 57.9 Å². The maximum Gasteiger partial charge on any atom is 0.500 e. The summed E-state index contributed by atoms with van der Waals surface area (Å²) in [5.74, 6) is 0.530. The molecule has 3 unspecified atom stereocenters. The highest BCUT2D eigenvalue weighted by molar-refractivity contribution is 6.61. The molecule has 1 saturated carbocycles. The van der Waals surface area contributed by atoms with Gasteiger partial charge in [-0.3, -0.25) is 4.79 Å². The van der Waals surface area contributed by atoms with Crippen LogP contribution in [0.3, 0.4) is 0 Å². The minimum atomic E-state index is -2.80. The summed E-state index contributed by atoms with van der Waals surface area (Å²) in [4.78, 5) is 16.5. The monoisotopic (exact) mass is 761 g/mol. The third kappa shape index (κ3) is 12.5. The Morgan fingerprint density at radius 3 is 1.23 bits per heavy atom. The van der Waals surface area contributed by atoms with Crippen molar-refractivity contribution in [1.29, 1.82) is 0 Å². The topological polar surface area (TPSA) is 131 Å². The van der Waals surface area contributed by atoms with E-state index in [-0.39, 0.29) is 23.8 Å². The van der Waals surface area contributed by atoms with Crippen LogP contribution in [0.1, 0.15) is 51.4 Å². The molecule has 0 aromatic carbocycles. The van der Waals surface area contributed by atoms with E-state index in [2.05, 4.69) is 0 Å². The van der Waals surface area contributed by atoms with E-state index in [1.165, 1.54) is 0 Å². The number of nitrogens with zero attached hydrogens (tertiary/aromatic N) is 1. The first-order chi connectivity index (χ1) is 22.9. The zero-order valence-electron chi connectivity index (χ0n) is 32.0. The van der Waals surface area contributed by atoms with Crippen molar-refractivity contribution in [3.8, 4) is 0 Å². The molecular weight excluding hydrogens is 695 g/mol. The normalized spacial score (nSPS) is 19.4. The Hall–Kier alpha value is -0.142. The molecule has 1 aliphatic carbocycles. The molecule has 1 fully saturated rings. The number of rotatable bonds is 28. The van der Waals surface area contributed by atoms with Crippen LogP contribution < -0.4 is 0 Å². The van der Waals surface area contributed by atoms with Gasteiger partial charge in [-0.05, 0) is 63.2 Å². The van der Waals surface area contributed by atoms with Crippen LogP contribution in [0, 0.1) is 17.8 Å². The highest BCUT2D eigenvalue weighted by atomic mass is 28.4. The van der Waals surface area contributed by atoms with Crippen molar-refractivity contribution in [3.63, 3.8) is 0 Å². The molecular formula is C30H67NO13Si4. The summed E-state index contributed by atoms with van der Waals surface area (Å²) in [5, 5.41) is 0. The van der Waals surface area contributed by atoms with Gasteiger partial charge in [-0.15, -0.1) is 0 Å². The molecule has 0 aliphatic heterocycles. The largest absolute Gasteiger partial charge is 0.500 e. The predicted molar refractivity (Wildman–Crippen MR) is 190 cm³/mol. The molecule has 0 aromatic rings. The molecule has 48 heavy (non-hydrogen) atoms. The lowest BCUT2D eigenvalue weighted by atomic mass is 9.93. The number of hydrogen-bond donors (Lipinski definition) is 0. The van der Waals surface area contributed by atoms with E-state index in [0.717, 1.165) is 38.5 Å². The summed E-state index contributed by atoms with van der Waals surface area (Å²) in [6, 6.07) is 2.65. The van der Waals surface area contributed by atoms with Crippen molar-refractivity contribution < 1.29 is 57.9 Å². The average molecular weight is 762 g/mol. The maximum atomic E-state index is 14.5. The van der Waals surface area contributed by atoms with Gasteiger partial charge in [0.1, 0.15) is 0 Å².